The van der Waals surface area contributed by atoms with Gasteiger partial charge in [0, 0.05) is 12.4 Å². The van der Waals surface area contributed by atoms with Crippen LogP contribution in [-0.4, -0.2) is 46.4 Å². The normalized spacial score (nSPS) is 18.0. The summed E-state index contributed by atoms with van der Waals surface area (Å²) < 4.78 is 13.2. The molecule has 6 heteroatoms. The Morgan fingerprint density at radius 1 is 1.41 bits per heavy atom. The fraction of sp³-hybridized carbons (Fsp3) is 0.500. The molecule has 1 fully saturated rings. The van der Waals surface area contributed by atoms with Gasteiger partial charge in [0.05, 0.1) is 25.0 Å². The van der Waals surface area contributed by atoms with E-state index in [-0.39, 0.29) is 0 Å². The van der Waals surface area contributed by atoms with Gasteiger partial charge in [0.2, 0.25) is 0 Å². The minimum absolute atomic E-state index is 0.292. The lowest BCUT2D eigenvalue weighted by atomic mass is 10.2. The summed E-state index contributed by atoms with van der Waals surface area (Å²) in [6.45, 7) is 4.37. The molecule has 22 heavy (non-hydrogen) atoms. The van der Waals surface area contributed by atoms with Crippen LogP contribution in [0.25, 0.3) is 5.69 Å². The predicted molar refractivity (Wildman–Crippen MR) is 86.6 cm³/mol. The minimum atomic E-state index is 0.292. The van der Waals surface area contributed by atoms with Crippen LogP contribution in [0.1, 0.15) is 18.4 Å². The largest absolute Gasteiger partial charge is 0.378 e. The van der Waals surface area contributed by atoms with Gasteiger partial charge in [-0.3, -0.25) is 4.57 Å². The number of hydrogen-bond acceptors (Lipinski definition) is 5. The molecular weight excluding hydrogens is 298 g/mol. The summed E-state index contributed by atoms with van der Waals surface area (Å²) in [6.07, 6.45) is 4.33. The van der Waals surface area contributed by atoms with Crippen LogP contribution >= 0.6 is 11.8 Å². The van der Waals surface area contributed by atoms with Crippen molar-refractivity contribution in [1.82, 2.24) is 14.8 Å². The molecule has 5 nitrogen and oxygen atoms in total. The van der Waals surface area contributed by atoms with Crippen LogP contribution in [0.3, 0.4) is 0 Å². The number of hydrogen-bond donors (Lipinski definition) is 0. The molecule has 1 atom stereocenters. The predicted octanol–water partition coefficient (Wildman–Crippen LogP) is 2.86. The molecule has 0 N–H and O–H groups in total. The van der Waals surface area contributed by atoms with Crippen LogP contribution in [0.2, 0.25) is 0 Å². The van der Waals surface area contributed by atoms with Crippen molar-refractivity contribution in [2.24, 2.45) is 0 Å². The monoisotopic (exact) mass is 319 g/mol. The van der Waals surface area contributed by atoms with E-state index < -0.39 is 0 Å². The molecular formula is C16H21N3O2S. The number of aromatic nitrogens is 3. The minimum Gasteiger partial charge on any atom is -0.378 e. The topological polar surface area (TPSA) is 49.2 Å². The molecule has 1 saturated heterocycles. The molecule has 2 aromatic rings. The van der Waals surface area contributed by atoms with Gasteiger partial charge in [0.25, 0.3) is 0 Å². The lowest BCUT2D eigenvalue weighted by Crippen LogP contribution is -2.15. The molecule has 0 radical (unpaired) electrons. The van der Waals surface area contributed by atoms with E-state index in [1.807, 2.05) is 16.7 Å². The van der Waals surface area contributed by atoms with Gasteiger partial charge in [0.1, 0.15) is 6.33 Å². The zero-order valence-corrected chi connectivity index (χ0v) is 13.6. The summed E-state index contributed by atoms with van der Waals surface area (Å²) in [5, 5.41) is 9.14. The highest BCUT2D eigenvalue weighted by Gasteiger charge is 2.15. The molecule has 0 spiro atoms. The summed E-state index contributed by atoms with van der Waals surface area (Å²) in [5.41, 5.74) is 2.33. The number of benzene rings is 1. The van der Waals surface area contributed by atoms with Gasteiger partial charge in [-0.2, -0.15) is 0 Å². The van der Waals surface area contributed by atoms with Crippen molar-refractivity contribution in [2.45, 2.75) is 31.0 Å². The highest BCUT2D eigenvalue weighted by atomic mass is 32.2. The van der Waals surface area contributed by atoms with Gasteiger partial charge >= 0.3 is 0 Å². The highest BCUT2D eigenvalue weighted by Crippen LogP contribution is 2.21. The Kier molecular flexibility index (Phi) is 5.48. The number of thioether (sulfide) groups is 1. The van der Waals surface area contributed by atoms with Gasteiger partial charge in [-0.05, 0) is 31.4 Å². The van der Waals surface area contributed by atoms with E-state index >= 15 is 0 Å². The summed E-state index contributed by atoms with van der Waals surface area (Å²) in [6, 6.07) is 8.24. The number of para-hydroxylation sites is 1. The van der Waals surface area contributed by atoms with Crippen LogP contribution in [0, 0.1) is 6.92 Å². The third kappa shape index (κ3) is 3.88. The van der Waals surface area contributed by atoms with Gasteiger partial charge in [-0.25, -0.2) is 0 Å². The van der Waals surface area contributed by atoms with Crippen molar-refractivity contribution in [1.29, 1.82) is 0 Å². The highest BCUT2D eigenvalue weighted by molar-refractivity contribution is 7.99. The average Bonchev–Trinajstić information content (AvgIpc) is 3.19. The molecule has 0 saturated carbocycles. The number of nitrogens with zero attached hydrogens (tertiary/aromatic N) is 3. The third-order valence-electron chi connectivity index (χ3n) is 3.68. The zero-order chi connectivity index (χ0) is 15.2. The van der Waals surface area contributed by atoms with Crippen molar-refractivity contribution >= 4 is 11.8 Å². The standard InChI is InChI=1S/C16H21N3O2S/c1-13-5-2-3-7-15(13)19-12-17-18-16(19)22-10-9-20-11-14-6-4-8-21-14/h2-3,5,7,12,14H,4,6,8-11H2,1H3/t14-/m0/s1. The molecule has 1 aromatic heterocycles. The Bertz CT molecular complexity index is 597. The van der Waals surface area contributed by atoms with Crippen molar-refractivity contribution in [3.8, 4) is 5.69 Å². The van der Waals surface area contributed by atoms with E-state index in [1.54, 1.807) is 18.1 Å². The second kappa shape index (κ2) is 7.76. The Morgan fingerprint density at radius 3 is 3.14 bits per heavy atom. The SMILES string of the molecule is Cc1ccccc1-n1cnnc1SCCOC[C@@H]1CCCO1. The Hall–Kier alpha value is -1.37. The van der Waals surface area contributed by atoms with Crippen molar-refractivity contribution in [2.75, 3.05) is 25.6 Å². The van der Waals surface area contributed by atoms with Crippen molar-refractivity contribution < 1.29 is 9.47 Å². The molecule has 0 bridgehead atoms. The van der Waals surface area contributed by atoms with E-state index in [0.717, 1.165) is 36.0 Å². The van der Waals surface area contributed by atoms with Gasteiger partial charge in [0.15, 0.2) is 5.16 Å². The van der Waals surface area contributed by atoms with Crippen LogP contribution in [-0.2, 0) is 9.47 Å². The number of ether oxygens (including phenoxy) is 2. The first-order valence-corrected chi connectivity index (χ1v) is 8.61. The van der Waals surface area contributed by atoms with Crippen molar-refractivity contribution in [3.05, 3.63) is 36.2 Å². The third-order valence-corrected chi connectivity index (χ3v) is 4.59. The maximum absolute atomic E-state index is 5.68. The zero-order valence-electron chi connectivity index (χ0n) is 12.8. The molecule has 1 aromatic carbocycles. The molecule has 3 rings (SSSR count). The molecule has 0 unspecified atom stereocenters. The second-order valence-electron chi connectivity index (χ2n) is 5.33. The first-order valence-electron chi connectivity index (χ1n) is 7.63. The maximum atomic E-state index is 5.68. The van der Waals surface area contributed by atoms with E-state index in [2.05, 4.69) is 29.3 Å². The summed E-state index contributed by atoms with van der Waals surface area (Å²) in [7, 11) is 0. The fourth-order valence-electron chi connectivity index (χ4n) is 2.50. The van der Waals surface area contributed by atoms with Crippen LogP contribution < -0.4 is 0 Å². The van der Waals surface area contributed by atoms with Gasteiger partial charge in [-0.1, -0.05) is 30.0 Å². The molecule has 1 aliphatic heterocycles. The van der Waals surface area contributed by atoms with E-state index in [1.165, 1.54) is 5.56 Å². The number of rotatable bonds is 7. The lowest BCUT2D eigenvalue weighted by molar-refractivity contribution is 0.0226. The fourth-order valence-corrected chi connectivity index (χ4v) is 3.28. The van der Waals surface area contributed by atoms with Crippen molar-refractivity contribution in [3.63, 3.8) is 0 Å². The lowest BCUT2D eigenvalue weighted by Gasteiger charge is -2.11. The Morgan fingerprint density at radius 2 is 2.32 bits per heavy atom. The van der Waals surface area contributed by atoms with Crippen LogP contribution in [0.15, 0.2) is 35.7 Å². The quantitative estimate of drug-likeness (QED) is 0.580. The molecule has 0 amide bonds. The van der Waals surface area contributed by atoms with E-state index in [0.29, 0.717) is 19.3 Å². The number of aryl methyl sites for hydroxylation is 1. The van der Waals surface area contributed by atoms with E-state index in [4.69, 9.17) is 9.47 Å². The first-order chi connectivity index (χ1) is 10.8. The van der Waals surface area contributed by atoms with Gasteiger partial charge in [-0.15, -0.1) is 10.2 Å². The molecule has 118 valence electrons. The smallest absolute Gasteiger partial charge is 0.195 e. The molecule has 1 aliphatic rings. The summed E-state index contributed by atoms with van der Waals surface area (Å²) in [4.78, 5) is 0. The second-order valence-corrected chi connectivity index (χ2v) is 6.39. The van der Waals surface area contributed by atoms with Crippen LogP contribution in [0.4, 0.5) is 0 Å². The van der Waals surface area contributed by atoms with Gasteiger partial charge < -0.3 is 9.47 Å². The van der Waals surface area contributed by atoms with Crippen LogP contribution in [0.5, 0.6) is 0 Å². The summed E-state index contributed by atoms with van der Waals surface area (Å²) in [5.74, 6) is 0.858. The maximum Gasteiger partial charge on any atom is 0.195 e. The molecule has 0 aliphatic carbocycles. The molecule has 2 heterocycles. The van der Waals surface area contributed by atoms with E-state index in [9.17, 15) is 0 Å². The summed E-state index contributed by atoms with van der Waals surface area (Å²) >= 11 is 1.66. The Balaban J connectivity index is 1.49. The first kappa shape index (κ1) is 15.5. The Labute approximate surface area is 135 Å². The average molecular weight is 319 g/mol.